The number of fused-ring (bicyclic) bond motifs is 1. The standard InChI is InChI=1S/C24H30F2N6O3S/c1-24(2,33)11-15-13-31(14-15)21-19-12-27-32(18-5-3-4-16(10-18)20(25)26)22(19)30-23(29-21)28-17-6-8-36(34,35)9-7-17/h3-5,10,12,15,17,20,33H,6-9,11,13-14H2,1-2H3,(H,28,29,30). The number of benzene rings is 1. The fourth-order valence-corrected chi connectivity index (χ4v) is 6.47. The molecule has 1 aromatic carbocycles. The first-order valence-corrected chi connectivity index (χ1v) is 13.9. The Morgan fingerprint density at radius 1 is 1.19 bits per heavy atom. The average Bonchev–Trinajstić information content (AvgIpc) is 3.20. The fraction of sp³-hybridized carbons (Fsp3) is 0.542. The number of nitrogens with zero attached hydrogens (tertiary/aromatic N) is 5. The van der Waals surface area contributed by atoms with Crippen LogP contribution in [-0.2, 0) is 9.84 Å². The summed E-state index contributed by atoms with van der Waals surface area (Å²) in [5, 5.41) is 18.6. The minimum atomic E-state index is -3.01. The monoisotopic (exact) mass is 520 g/mol. The van der Waals surface area contributed by atoms with Crippen LogP contribution in [0, 0.1) is 5.92 Å². The molecule has 0 atom stereocenters. The van der Waals surface area contributed by atoms with E-state index in [4.69, 9.17) is 4.98 Å². The lowest BCUT2D eigenvalue weighted by Gasteiger charge is -2.42. The zero-order valence-corrected chi connectivity index (χ0v) is 21.0. The zero-order chi connectivity index (χ0) is 25.7. The normalized spacial score (nSPS) is 19.1. The van der Waals surface area contributed by atoms with Crippen molar-refractivity contribution in [2.75, 3.05) is 34.8 Å². The maximum atomic E-state index is 13.3. The Kier molecular flexibility index (Phi) is 6.36. The topological polar surface area (TPSA) is 113 Å². The van der Waals surface area contributed by atoms with E-state index < -0.39 is 21.9 Å². The molecule has 36 heavy (non-hydrogen) atoms. The zero-order valence-electron chi connectivity index (χ0n) is 20.2. The van der Waals surface area contributed by atoms with E-state index in [0.29, 0.717) is 66.8 Å². The van der Waals surface area contributed by atoms with Gasteiger partial charge in [-0.3, -0.25) is 0 Å². The van der Waals surface area contributed by atoms with E-state index >= 15 is 0 Å². The van der Waals surface area contributed by atoms with E-state index in [0.717, 1.165) is 0 Å². The summed E-state index contributed by atoms with van der Waals surface area (Å²) in [6.07, 6.45) is 0.627. The van der Waals surface area contributed by atoms with Gasteiger partial charge in [-0.05, 0) is 51.2 Å². The van der Waals surface area contributed by atoms with Crippen molar-refractivity contribution in [2.45, 2.75) is 51.2 Å². The minimum absolute atomic E-state index is 0.0864. The van der Waals surface area contributed by atoms with E-state index in [1.54, 1.807) is 32.2 Å². The lowest BCUT2D eigenvalue weighted by Crippen LogP contribution is -2.49. The maximum Gasteiger partial charge on any atom is 0.263 e. The number of nitrogens with one attached hydrogen (secondary N) is 1. The highest BCUT2D eigenvalue weighted by Gasteiger charge is 2.34. The Morgan fingerprint density at radius 3 is 2.58 bits per heavy atom. The number of rotatable bonds is 7. The molecule has 12 heteroatoms. The third-order valence-corrected chi connectivity index (χ3v) is 8.42. The third-order valence-electron chi connectivity index (χ3n) is 6.71. The Balaban J connectivity index is 1.50. The highest BCUT2D eigenvalue weighted by molar-refractivity contribution is 7.91. The van der Waals surface area contributed by atoms with Gasteiger partial charge in [-0.2, -0.15) is 15.1 Å². The van der Waals surface area contributed by atoms with E-state index in [9.17, 15) is 22.3 Å². The van der Waals surface area contributed by atoms with Crippen LogP contribution < -0.4 is 10.2 Å². The fourth-order valence-electron chi connectivity index (χ4n) is 4.98. The molecule has 0 amide bonds. The predicted octanol–water partition coefficient (Wildman–Crippen LogP) is 3.34. The molecule has 2 fully saturated rings. The maximum absolute atomic E-state index is 13.3. The van der Waals surface area contributed by atoms with Crippen LogP contribution in [0.3, 0.4) is 0 Å². The van der Waals surface area contributed by atoms with Gasteiger partial charge < -0.3 is 15.3 Å². The Hall–Kier alpha value is -2.86. The van der Waals surface area contributed by atoms with Gasteiger partial charge in [0.1, 0.15) is 15.7 Å². The second-order valence-corrected chi connectivity index (χ2v) is 12.7. The van der Waals surface area contributed by atoms with Gasteiger partial charge in [0.05, 0.1) is 34.4 Å². The molecule has 3 aromatic rings. The molecule has 2 N–H and O–H groups in total. The molecule has 2 aromatic heterocycles. The van der Waals surface area contributed by atoms with Gasteiger partial charge in [-0.25, -0.2) is 21.9 Å². The van der Waals surface area contributed by atoms with Gasteiger partial charge >= 0.3 is 0 Å². The lowest BCUT2D eigenvalue weighted by atomic mass is 9.88. The molecule has 194 valence electrons. The van der Waals surface area contributed by atoms with Crippen LogP contribution in [0.15, 0.2) is 30.5 Å². The Morgan fingerprint density at radius 2 is 1.92 bits per heavy atom. The third kappa shape index (κ3) is 5.29. The van der Waals surface area contributed by atoms with Gasteiger partial charge in [0, 0.05) is 24.7 Å². The Labute approximate surface area is 208 Å². The van der Waals surface area contributed by atoms with Crippen LogP contribution in [0.5, 0.6) is 0 Å². The number of hydrogen-bond donors (Lipinski definition) is 2. The van der Waals surface area contributed by atoms with Gasteiger partial charge in [0.25, 0.3) is 6.43 Å². The smallest absolute Gasteiger partial charge is 0.263 e. The van der Waals surface area contributed by atoms with E-state index in [-0.39, 0.29) is 23.1 Å². The number of hydrogen-bond acceptors (Lipinski definition) is 8. The summed E-state index contributed by atoms with van der Waals surface area (Å²) in [4.78, 5) is 11.5. The highest BCUT2D eigenvalue weighted by atomic mass is 32.2. The van der Waals surface area contributed by atoms with Gasteiger partial charge in [-0.15, -0.1) is 0 Å². The van der Waals surface area contributed by atoms with Crippen molar-refractivity contribution in [3.63, 3.8) is 0 Å². The molecular formula is C24H30F2N6O3S. The first kappa shape index (κ1) is 24.8. The van der Waals surface area contributed by atoms with Crippen LogP contribution in [0.4, 0.5) is 20.5 Å². The van der Waals surface area contributed by atoms with Crippen molar-refractivity contribution in [2.24, 2.45) is 5.92 Å². The molecule has 0 radical (unpaired) electrons. The van der Waals surface area contributed by atoms with Crippen LogP contribution in [0.2, 0.25) is 0 Å². The molecule has 5 rings (SSSR count). The summed E-state index contributed by atoms with van der Waals surface area (Å²) in [5.74, 6) is 1.56. The molecule has 0 saturated carbocycles. The predicted molar refractivity (Wildman–Crippen MR) is 134 cm³/mol. The summed E-state index contributed by atoms with van der Waals surface area (Å²) in [6, 6.07) is 5.93. The van der Waals surface area contributed by atoms with Crippen molar-refractivity contribution in [3.8, 4) is 5.69 Å². The number of sulfone groups is 1. The van der Waals surface area contributed by atoms with E-state index in [1.165, 1.54) is 16.8 Å². The molecule has 2 aliphatic heterocycles. The minimum Gasteiger partial charge on any atom is -0.390 e. The summed E-state index contributed by atoms with van der Waals surface area (Å²) < 4.78 is 51.9. The van der Waals surface area contributed by atoms with Crippen LogP contribution in [0.1, 0.15) is 45.1 Å². The molecule has 2 saturated heterocycles. The van der Waals surface area contributed by atoms with Crippen molar-refractivity contribution >= 4 is 32.6 Å². The quantitative estimate of drug-likeness (QED) is 0.488. The molecule has 0 aliphatic carbocycles. The van der Waals surface area contributed by atoms with Gasteiger partial charge in [0.2, 0.25) is 5.95 Å². The Bertz CT molecular complexity index is 1350. The molecular weight excluding hydrogens is 490 g/mol. The summed E-state index contributed by atoms with van der Waals surface area (Å²) in [7, 11) is -3.01. The second kappa shape index (κ2) is 9.22. The largest absolute Gasteiger partial charge is 0.390 e. The highest BCUT2D eigenvalue weighted by Crippen LogP contribution is 2.35. The van der Waals surface area contributed by atoms with Crippen molar-refractivity contribution < 1.29 is 22.3 Å². The van der Waals surface area contributed by atoms with Crippen molar-refractivity contribution in [3.05, 3.63) is 36.0 Å². The van der Waals surface area contributed by atoms with Gasteiger partial charge in [-0.1, -0.05) is 12.1 Å². The van der Waals surface area contributed by atoms with Crippen LogP contribution in [0.25, 0.3) is 16.7 Å². The molecule has 0 spiro atoms. The average molecular weight is 521 g/mol. The van der Waals surface area contributed by atoms with Crippen LogP contribution in [-0.4, -0.2) is 69.5 Å². The molecule has 0 bridgehead atoms. The SMILES string of the molecule is CC(C)(O)CC1CN(c2nc(NC3CCS(=O)(=O)CC3)nc3c2cnn3-c2cccc(C(F)F)c2)C1. The summed E-state index contributed by atoms with van der Waals surface area (Å²) in [6.45, 7) is 5.01. The second-order valence-electron chi connectivity index (χ2n) is 10.4. The van der Waals surface area contributed by atoms with Crippen molar-refractivity contribution in [1.29, 1.82) is 0 Å². The number of anilines is 2. The number of alkyl halides is 2. The first-order chi connectivity index (χ1) is 17.0. The molecule has 4 heterocycles. The summed E-state index contributed by atoms with van der Waals surface area (Å²) >= 11 is 0. The molecule has 2 aliphatic rings. The summed E-state index contributed by atoms with van der Waals surface area (Å²) in [5.41, 5.74) is 0.0743. The first-order valence-electron chi connectivity index (χ1n) is 12.1. The van der Waals surface area contributed by atoms with E-state index in [1.807, 2.05) is 0 Å². The van der Waals surface area contributed by atoms with E-state index in [2.05, 4.69) is 20.3 Å². The molecule has 9 nitrogen and oxygen atoms in total. The lowest BCUT2D eigenvalue weighted by molar-refractivity contribution is 0.0474. The number of aliphatic hydroxyl groups is 1. The number of aromatic nitrogens is 4. The van der Waals surface area contributed by atoms with Gasteiger partial charge in [0.15, 0.2) is 5.65 Å². The number of halogens is 2. The molecule has 0 unspecified atom stereocenters. The van der Waals surface area contributed by atoms with Crippen LogP contribution >= 0.6 is 0 Å². The van der Waals surface area contributed by atoms with Crippen molar-refractivity contribution in [1.82, 2.24) is 19.7 Å².